The molecule has 21 heavy (non-hydrogen) atoms. The number of nitrogens with zero attached hydrogens (tertiary/aromatic N) is 1. The molecule has 114 valence electrons. The van der Waals surface area contributed by atoms with Gasteiger partial charge in [-0.2, -0.15) is 0 Å². The Morgan fingerprint density at radius 3 is 2.43 bits per heavy atom. The highest BCUT2D eigenvalue weighted by Gasteiger charge is 2.37. The molecule has 1 atom stereocenters. The number of hydrogen-bond acceptors (Lipinski definition) is 3. The Labute approximate surface area is 126 Å². The lowest BCUT2D eigenvalue weighted by molar-refractivity contribution is -0.149. The van der Waals surface area contributed by atoms with E-state index in [0.29, 0.717) is 6.61 Å². The number of carbonyl (C=O) groups is 2. The van der Waals surface area contributed by atoms with Crippen LogP contribution in [0.15, 0.2) is 30.3 Å². The van der Waals surface area contributed by atoms with Gasteiger partial charge in [0, 0.05) is 6.04 Å². The average Bonchev–Trinajstić information content (AvgIpc) is 3.31. The summed E-state index contributed by atoms with van der Waals surface area (Å²) >= 11 is 0. The maximum absolute atomic E-state index is 12.8. The van der Waals surface area contributed by atoms with Crippen molar-refractivity contribution in [3.63, 3.8) is 0 Å². The molecule has 0 spiro atoms. The van der Waals surface area contributed by atoms with Crippen molar-refractivity contribution in [3.05, 3.63) is 35.9 Å². The summed E-state index contributed by atoms with van der Waals surface area (Å²) < 4.78 is 4.99. The molecule has 1 saturated carbocycles. The van der Waals surface area contributed by atoms with Crippen LogP contribution in [0, 0.1) is 0 Å². The summed E-state index contributed by atoms with van der Waals surface area (Å²) in [5.41, 5.74) is 1.01. The lowest BCUT2D eigenvalue weighted by atomic mass is 9.95. The summed E-state index contributed by atoms with van der Waals surface area (Å²) in [4.78, 5) is 26.2. The van der Waals surface area contributed by atoms with Gasteiger partial charge in [-0.05, 0) is 31.7 Å². The van der Waals surface area contributed by atoms with E-state index in [9.17, 15) is 9.59 Å². The molecule has 1 unspecified atom stereocenters. The van der Waals surface area contributed by atoms with Crippen LogP contribution in [-0.4, -0.2) is 36.0 Å². The molecule has 0 saturated heterocycles. The zero-order valence-corrected chi connectivity index (χ0v) is 12.7. The standard InChI is InChI=1S/C17H23NO3/c1-3-15(13-8-6-5-7-9-13)17(20)18(14-10-11-14)12-16(19)21-4-2/h5-9,14-15H,3-4,10-12H2,1-2H3. The van der Waals surface area contributed by atoms with Gasteiger partial charge in [0.2, 0.25) is 5.91 Å². The summed E-state index contributed by atoms with van der Waals surface area (Å²) in [5, 5.41) is 0. The van der Waals surface area contributed by atoms with Gasteiger partial charge >= 0.3 is 5.97 Å². The van der Waals surface area contributed by atoms with Crippen LogP contribution in [-0.2, 0) is 14.3 Å². The molecule has 4 nitrogen and oxygen atoms in total. The molecule has 2 rings (SSSR count). The summed E-state index contributed by atoms with van der Waals surface area (Å²) in [5.74, 6) is -0.457. The topological polar surface area (TPSA) is 46.6 Å². The van der Waals surface area contributed by atoms with Gasteiger partial charge in [0.1, 0.15) is 6.54 Å². The summed E-state index contributed by atoms with van der Waals surface area (Å²) in [7, 11) is 0. The molecule has 1 aliphatic carbocycles. The van der Waals surface area contributed by atoms with Crippen LogP contribution in [0.5, 0.6) is 0 Å². The van der Waals surface area contributed by atoms with Gasteiger partial charge in [0.05, 0.1) is 12.5 Å². The van der Waals surface area contributed by atoms with Crippen molar-refractivity contribution in [1.29, 1.82) is 0 Å². The van der Waals surface area contributed by atoms with Gasteiger partial charge < -0.3 is 9.64 Å². The number of benzene rings is 1. The fraction of sp³-hybridized carbons (Fsp3) is 0.529. The maximum atomic E-state index is 12.8. The van der Waals surface area contributed by atoms with E-state index in [4.69, 9.17) is 4.74 Å². The quantitative estimate of drug-likeness (QED) is 0.725. The summed E-state index contributed by atoms with van der Waals surface area (Å²) in [6, 6.07) is 9.98. The highest BCUT2D eigenvalue weighted by Crippen LogP contribution is 2.31. The Morgan fingerprint density at radius 2 is 1.90 bits per heavy atom. The average molecular weight is 289 g/mol. The molecular weight excluding hydrogens is 266 g/mol. The fourth-order valence-electron chi connectivity index (χ4n) is 2.56. The van der Waals surface area contributed by atoms with Gasteiger partial charge in [-0.1, -0.05) is 37.3 Å². The summed E-state index contributed by atoms with van der Waals surface area (Å²) in [6.07, 6.45) is 2.70. The fourth-order valence-corrected chi connectivity index (χ4v) is 2.56. The number of rotatable bonds is 7. The second-order valence-electron chi connectivity index (χ2n) is 5.37. The van der Waals surface area contributed by atoms with E-state index in [1.54, 1.807) is 11.8 Å². The highest BCUT2D eigenvalue weighted by molar-refractivity contribution is 5.87. The minimum absolute atomic E-state index is 0.0410. The summed E-state index contributed by atoms with van der Waals surface area (Å²) in [6.45, 7) is 4.20. The molecule has 1 amide bonds. The number of hydrogen-bond donors (Lipinski definition) is 0. The molecule has 0 aliphatic heterocycles. The van der Waals surface area contributed by atoms with Crippen molar-refractivity contribution in [1.82, 2.24) is 4.90 Å². The van der Waals surface area contributed by atoms with Gasteiger partial charge in [-0.15, -0.1) is 0 Å². The van der Waals surface area contributed by atoms with Crippen LogP contribution < -0.4 is 0 Å². The van der Waals surface area contributed by atoms with Crippen LogP contribution in [0.4, 0.5) is 0 Å². The molecule has 1 aromatic carbocycles. The Hall–Kier alpha value is -1.84. The van der Waals surface area contributed by atoms with Crippen molar-refractivity contribution in [3.8, 4) is 0 Å². The van der Waals surface area contributed by atoms with E-state index in [1.807, 2.05) is 37.3 Å². The minimum atomic E-state index is -0.319. The smallest absolute Gasteiger partial charge is 0.325 e. The van der Waals surface area contributed by atoms with E-state index in [-0.39, 0.29) is 30.4 Å². The van der Waals surface area contributed by atoms with Crippen LogP contribution >= 0.6 is 0 Å². The zero-order chi connectivity index (χ0) is 15.2. The van der Waals surface area contributed by atoms with E-state index in [2.05, 4.69) is 0 Å². The first kappa shape index (κ1) is 15.5. The van der Waals surface area contributed by atoms with Crippen molar-refractivity contribution in [2.45, 2.75) is 45.1 Å². The van der Waals surface area contributed by atoms with Gasteiger partial charge in [0.25, 0.3) is 0 Å². The molecule has 1 fully saturated rings. The third-order valence-electron chi connectivity index (χ3n) is 3.78. The minimum Gasteiger partial charge on any atom is -0.465 e. The second-order valence-corrected chi connectivity index (χ2v) is 5.37. The molecule has 0 N–H and O–H groups in total. The third-order valence-corrected chi connectivity index (χ3v) is 3.78. The Morgan fingerprint density at radius 1 is 1.24 bits per heavy atom. The van der Waals surface area contributed by atoms with E-state index >= 15 is 0 Å². The third kappa shape index (κ3) is 4.06. The first-order chi connectivity index (χ1) is 10.2. The van der Waals surface area contributed by atoms with Crippen LogP contribution in [0.2, 0.25) is 0 Å². The lowest BCUT2D eigenvalue weighted by Gasteiger charge is -2.26. The van der Waals surface area contributed by atoms with Crippen molar-refractivity contribution in [2.24, 2.45) is 0 Å². The largest absolute Gasteiger partial charge is 0.465 e. The predicted molar refractivity (Wildman–Crippen MR) is 80.8 cm³/mol. The Balaban J connectivity index is 2.11. The van der Waals surface area contributed by atoms with Gasteiger partial charge in [0.15, 0.2) is 0 Å². The van der Waals surface area contributed by atoms with Gasteiger partial charge in [-0.25, -0.2) is 0 Å². The Kier molecular flexibility index (Phi) is 5.37. The highest BCUT2D eigenvalue weighted by atomic mass is 16.5. The first-order valence-electron chi connectivity index (χ1n) is 7.68. The molecule has 0 aromatic heterocycles. The zero-order valence-electron chi connectivity index (χ0n) is 12.7. The molecule has 4 heteroatoms. The van der Waals surface area contributed by atoms with Crippen LogP contribution in [0.1, 0.15) is 44.6 Å². The molecular formula is C17H23NO3. The Bertz CT molecular complexity index is 482. The number of esters is 1. The SMILES string of the molecule is CCOC(=O)CN(C(=O)C(CC)c1ccccc1)C1CC1. The van der Waals surface area contributed by atoms with E-state index < -0.39 is 0 Å². The monoisotopic (exact) mass is 289 g/mol. The van der Waals surface area contributed by atoms with Gasteiger partial charge in [-0.3, -0.25) is 9.59 Å². The number of amides is 1. The molecule has 0 heterocycles. The normalized spacial score (nSPS) is 15.3. The number of carbonyl (C=O) groups excluding carboxylic acids is 2. The predicted octanol–water partition coefficient (Wildman–Crippen LogP) is 2.73. The van der Waals surface area contributed by atoms with Crippen molar-refractivity contribution in [2.75, 3.05) is 13.2 Å². The first-order valence-corrected chi connectivity index (χ1v) is 7.68. The van der Waals surface area contributed by atoms with Crippen molar-refractivity contribution < 1.29 is 14.3 Å². The molecule has 0 bridgehead atoms. The molecule has 0 radical (unpaired) electrons. The number of ether oxygens (including phenoxy) is 1. The van der Waals surface area contributed by atoms with Crippen LogP contribution in [0.3, 0.4) is 0 Å². The maximum Gasteiger partial charge on any atom is 0.325 e. The lowest BCUT2D eigenvalue weighted by Crippen LogP contribution is -2.41. The van der Waals surface area contributed by atoms with Crippen molar-refractivity contribution >= 4 is 11.9 Å². The molecule has 1 aromatic rings. The second kappa shape index (κ2) is 7.25. The van der Waals surface area contributed by atoms with E-state index in [0.717, 1.165) is 24.8 Å². The molecule has 1 aliphatic rings. The van der Waals surface area contributed by atoms with E-state index in [1.165, 1.54) is 0 Å². The van der Waals surface area contributed by atoms with Crippen LogP contribution in [0.25, 0.3) is 0 Å².